The van der Waals surface area contributed by atoms with Gasteiger partial charge >= 0.3 is 0 Å². The van der Waals surface area contributed by atoms with Gasteiger partial charge in [0.15, 0.2) is 6.61 Å². The Morgan fingerprint density at radius 1 is 0.967 bits per heavy atom. The van der Waals surface area contributed by atoms with E-state index in [-0.39, 0.29) is 12.5 Å². The maximum absolute atomic E-state index is 12.5. The van der Waals surface area contributed by atoms with E-state index in [0.29, 0.717) is 0 Å². The van der Waals surface area contributed by atoms with Crippen LogP contribution in [-0.2, 0) is 11.3 Å². The molecule has 0 bridgehead atoms. The first-order valence-corrected chi connectivity index (χ1v) is 10.5. The molecule has 1 aromatic heterocycles. The number of nitrogens with zero attached hydrogens (tertiary/aromatic N) is 4. The smallest absolute Gasteiger partial charge is 0.260 e. The minimum Gasteiger partial charge on any atom is -0.484 e. The van der Waals surface area contributed by atoms with Crippen molar-refractivity contribution in [2.75, 3.05) is 39.3 Å². The van der Waals surface area contributed by atoms with Crippen LogP contribution in [0.3, 0.4) is 0 Å². The van der Waals surface area contributed by atoms with E-state index in [1.807, 2.05) is 66.7 Å². The van der Waals surface area contributed by atoms with Crippen LogP contribution in [0.1, 0.15) is 5.56 Å². The molecule has 1 aliphatic heterocycles. The van der Waals surface area contributed by atoms with Crippen molar-refractivity contribution in [3.63, 3.8) is 0 Å². The zero-order valence-corrected chi connectivity index (χ0v) is 17.4. The molecule has 0 N–H and O–H groups in total. The highest BCUT2D eigenvalue weighted by molar-refractivity contribution is 5.78. The minimum atomic E-state index is 0.0545. The number of carbonyl (C=O) groups excluding carboxylic acids is 1. The summed E-state index contributed by atoms with van der Waals surface area (Å²) in [5.41, 5.74) is 2.18. The molecule has 2 heterocycles. The van der Waals surface area contributed by atoms with Crippen molar-refractivity contribution in [1.29, 1.82) is 0 Å². The summed E-state index contributed by atoms with van der Waals surface area (Å²) in [5, 5.41) is 0. The normalized spacial score (nSPS) is 14.6. The molecule has 0 radical (unpaired) electrons. The third kappa shape index (κ3) is 4.89. The van der Waals surface area contributed by atoms with E-state index >= 15 is 0 Å². The lowest BCUT2D eigenvalue weighted by molar-refractivity contribution is -0.135. The summed E-state index contributed by atoms with van der Waals surface area (Å²) in [6, 6.07) is 18.0. The number of rotatable bonds is 7. The van der Waals surface area contributed by atoms with Crippen LogP contribution in [0.4, 0.5) is 0 Å². The molecular weight excluding hydrogens is 376 g/mol. The number of piperazine rings is 1. The Morgan fingerprint density at radius 2 is 1.70 bits per heavy atom. The second-order valence-electron chi connectivity index (χ2n) is 7.59. The molecule has 2 aromatic carbocycles. The number of para-hydroxylation sites is 1. The van der Waals surface area contributed by atoms with Crippen LogP contribution in [0, 0.1) is 6.92 Å². The second kappa shape index (κ2) is 9.59. The van der Waals surface area contributed by atoms with Gasteiger partial charge in [0.1, 0.15) is 11.6 Å². The first-order valence-electron chi connectivity index (χ1n) is 10.5. The SMILES string of the molecule is Cc1ccccc1OCC(=O)N1CCN(CCn2ccnc2-c2ccccc2)CC1. The maximum atomic E-state index is 12.5. The van der Waals surface area contributed by atoms with Crippen molar-refractivity contribution < 1.29 is 9.53 Å². The van der Waals surface area contributed by atoms with E-state index in [1.165, 1.54) is 0 Å². The van der Waals surface area contributed by atoms with Crippen molar-refractivity contribution in [3.05, 3.63) is 72.6 Å². The van der Waals surface area contributed by atoms with Gasteiger partial charge in [0.25, 0.3) is 5.91 Å². The number of hydrogen-bond donors (Lipinski definition) is 0. The van der Waals surface area contributed by atoms with Gasteiger partial charge in [0.05, 0.1) is 0 Å². The van der Waals surface area contributed by atoms with Gasteiger partial charge < -0.3 is 14.2 Å². The van der Waals surface area contributed by atoms with Crippen LogP contribution in [0.25, 0.3) is 11.4 Å². The summed E-state index contributed by atoms with van der Waals surface area (Å²) in [5.74, 6) is 1.83. The van der Waals surface area contributed by atoms with Crippen molar-refractivity contribution in [2.24, 2.45) is 0 Å². The molecule has 0 unspecified atom stereocenters. The predicted octanol–water partition coefficient (Wildman–Crippen LogP) is 3.08. The minimum absolute atomic E-state index is 0.0545. The molecule has 1 fully saturated rings. The van der Waals surface area contributed by atoms with Gasteiger partial charge in [-0.15, -0.1) is 0 Å². The monoisotopic (exact) mass is 404 g/mol. The number of imidazole rings is 1. The average Bonchev–Trinajstić information content (AvgIpc) is 3.26. The van der Waals surface area contributed by atoms with Crippen LogP contribution in [-0.4, -0.2) is 64.6 Å². The van der Waals surface area contributed by atoms with E-state index in [4.69, 9.17) is 4.74 Å². The Hall–Kier alpha value is -3.12. The van der Waals surface area contributed by atoms with Crippen LogP contribution in [0.15, 0.2) is 67.0 Å². The Bertz CT molecular complexity index is 962. The zero-order valence-electron chi connectivity index (χ0n) is 17.4. The molecule has 0 aliphatic carbocycles. The molecule has 30 heavy (non-hydrogen) atoms. The Balaban J connectivity index is 1.23. The first-order chi connectivity index (χ1) is 14.7. The number of hydrogen-bond acceptors (Lipinski definition) is 4. The van der Waals surface area contributed by atoms with E-state index < -0.39 is 0 Å². The zero-order chi connectivity index (χ0) is 20.8. The average molecular weight is 405 g/mol. The number of amides is 1. The molecule has 0 atom stereocenters. The molecule has 6 heteroatoms. The highest BCUT2D eigenvalue weighted by Gasteiger charge is 2.21. The van der Waals surface area contributed by atoms with Crippen LogP contribution < -0.4 is 4.74 Å². The molecule has 1 amide bonds. The number of benzene rings is 2. The molecule has 0 spiro atoms. The standard InChI is InChI=1S/C24H28N4O2/c1-20-7-5-6-10-22(20)30-19-23(29)27-16-13-26(14-17-27)15-18-28-12-11-25-24(28)21-8-3-2-4-9-21/h2-12H,13-19H2,1H3. The van der Waals surface area contributed by atoms with Crippen molar-refractivity contribution in [3.8, 4) is 17.1 Å². The molecule has 156 valence electrons. The van der Waals surface area contributed by atoms with Crippen LogP contribution in [0.5, 0.6) is 5.75 Å². The lowest BCUT2D eigenvalue weighted by Gasteiger charge is -2.34. The highest BCUT2D eigenvalue weighted by Crippen LogP contribution is 2.18. The summed E-state index contributed by atoms with van der Waals surface area (Å²) in [4.78, 5) is 21.3. The number of ether oxygens (including phenoxy) is 1. The lowest BCUT2D eigenvalue weighted by Crippen LogP contribution is -2.50. The number of carbonyl (C=O) groups is 1. The predicted molar refractivity (Wildman–Crippen MR) is 117 cm³/mol. The first kappa shape index (κ1) is 20.2. The van der Waals surface area contributed by atoms with Crippen molar-refractivity contribution in [2.45, 2.75) is 13.5 Å². The van der Waals surface area contributed by atoms with Gasteiger partial charge in [-0.25, -0.2) is 4.98 Å². The van der Waals surface area contributed by atoms with E-state index in [9.17, 15) is 4.79 Å². The van der Waals surface area contributed by atoms with E-state index in [2.05, 4.69) is 26.6 Å². The fourth-order valence-electron chi connectivity index (χ4n) is 3.76. The van der Waals surface area contributed by atoms with E-state index in [1.54, 1.807) is 0 Å². The lowest BCUT2D eigenvalue weighted by atomic mass is 10.2. The van der Waals surface area contributed by atoms with Gasteiger partial charge in [-0.3, -0.25) is 9.69 Å². The second-order valence-corrected chi connectivity index (χ2v) is 7.59. The Morgan fingerprint density at radius 3 is 2.47 bits per heavy atom. The summed E-state index contributed by atoms with van der Waals surface area (Å²) in [6.07, 6.45) is 3.89. The van der Waals surface area contributed by atoms with Gasteiger partial charge in [-0.2, -0.15) is 0 Å². The summed E-state index contributed by atoms with van der Waals surface area (Å²) in [6.45, 7) is 7.16. The molecular formula is C24H28N4O2. The largest absolute Gasteiger partial charge is 0.484 e. The van der Waals surface area contributed by atoms with Crippen molar-refractivity contribution >= 4 is 5.91 Å². The highest BCUT2D eigenvalue weighted by atomic mass is 16.5. The number of aryl methyl sites for hydroxylation is 1. The third-order valence-corrected chi connectivity index (χ3v) is 5.57. The quantitative estimate of drug-likeness (QED) is 0.607. The van der Waals surface area contributed by atoms with E-state index in [0.717, 1.165) is 62.0 Å². The summed E-state index contributed by atoms with van der Waals surface area (Å²) >= 11 is 0. The fraction of sp³-hybridized carbons (Fsp3) is 0.333. The molecule has 1 saturated heterocycles. The Labute approximate surface area is 177 Å². The molecule has 3 aromatic rings. The van der Waals surface area contributed by atoms with Gasteiger partial charge in [0, 0.05) is 57.2 Å². The summed E-state index contributed by atoms with van der Waals surface area (Å²) < 4.78 is 7.91. The van der Waals surface area contributed by atoms with Gasteiger partial charge in [-0.05, 0) is 18.6 Å². The third-order valence-electron chi connectivity index (χ3n) is 5.57. The van der Waals surface area contributed by atoms with Crippen LogP contribution in [0.2, 0.25) is 0 Å². The topological polar surface area (TPSA) is 50.6 Å². The number of aromatic nitrogens is 2. The fourth-order valence-corrected chi connectivity index (χ4v) is 3.76. The van der Waals surface area contributed by atoms with Crippen molar-refractivity contribution in [1.82, 2.24) is 19.4 Å². The molecule has 4 rings (SSSR count). The summed E-state index contributed by atoms with van der Waals surface area (Å²) in [7, 11) is 0. The van der Waals surface area contributed by atoms with Gasteiger partial charge in [0.2, 0.25) is 0 Å². The Kier molecular flexibility index (Phi) is 6.44. The molecule has 6 nitrogen and oxygen atoms in total. The van der Waals surface area contributed by atoms with Gasteiger partial charge in [-0.1, -0.05) is 48.5 Å². The molecule has 1 aliphatic rings. The maximum Gasteiger partial charge on any atom is 0.260 e. The molecule has 0 saturated carbocycles. The van der Waals surface area contributed by atoms with Crippen LogP contribution >= 0.6 is 0 Å².